The third-order valence-electron chi connectivity index (χ3n) is 4.34. The van der Waals surface area contributed by atoms with Gasteiger partial charge in [0.2, 0.25) is 0 Å². The molecule has 1 aromatic heterocycles. The van der Waals surface area contributed by atoms with E-state index in [9.17, 15) is 4.79 Å². The van der Waals surface area contributed by atoms with Crippen LogP contribution in [0.25, 0.3) is 17.0 Å². The molecule has 2 aromatic carbocycles. The van der Waals surface area contributed by atoms with E-state index in [1.165, 1.54) is 0 Å². The fourth-order valence-electron chi connectivity index (χ4n) is 3.14. The van der Waals surface area contributed by atoms with Crippen molar-refractivity contribution in [3.05, 3.63) is 71.4 Å². The second-order valence-corrected chi connectivity index (χ2v) is 6.04. The number of hydrogen-bond acceptors (Lipinski definition) is 3. The lowest BCUT2D eigenvalue weighted by molar-refractivity contribution is -0.138. The molecule has 0 bridgehead atoms. The summed E-state index contributed by atoms with van der Waals surface area (Å²) in [5, 5.41) is 1.11. The number of nitrogens with zero attached hydrogens (tertiary/aromatic N) is 1. The lowest BCUT2D eigenvalue weighted by atomic mass is 10.2. The zero-order valence-corrected chi connectivity index (χ0v) is 14.1. The van der Waals surface area contributed by atoms with Gasteiger partial charge in [-0.15, -0.1) is 0 Å². The first-order valence-corrected chi connectivity index (χ1v) is 8.42. The van der Waals surface area contributed by atoms with E-state index >= 15 is 0 Å². The first-order chi connectivity index (χ1) is 12.2. The Morgan fingerprint density at radius 1 is 1.12 bits per heavy atom. The van der Waals surface area contributed by atoms with Crippen molar-refractivity contribution in [3.8, 4) is 5.75 Å². The fourth-order valence-corrected chi connectivity index (χ4v) is 3.14. The van der Waals surface area contributed by atoms with Crippen LogP contribution in [0, 0.1) is 0 Å². The number of benzene rings is 2. The van der Waals surface area contributed by atoms with Crippen LogP contribution in [0.5, 0.6) is 5.75 Å². The summed E-state index contributed by atoms with van der Waals surface area (Å²) in [6, 6.07) is 18.2. The van der Waals surface area contributed by atoms with Crippen molar-refractivity contribution < 1.29 is 14.3 Å². The quantitative estimate of drug-likeness (QED) is 0.658. The molecule has 1 aliphatic rings. The Bertz CT molecular complexity index is 954. The molecule has 0 atom stereocenters. The number of ether oxygens (including phenoxy) is 2. The monoisotopic (exact) mass is 333 g/mol. The van der Waals surface area contributed by atoms with Gasteiger partial charge in [0.1, 0.15) is 12.4 Å². The maximum atomic E-state index is 11.9. The summed E-state index contributed by atoms with van der Waals surface area (Å²) < 4.78 is 13.1. The molecule has 0 fully saturated rings. The van der Waals surface area contributed by atoms with Gasteiger partial charge in [-0.2, -0.15) is 0 Å². The minimum Gasteiger partial charge on any atom is -0.489 e. The van der Waals surface area contributed by atoms with Crippen LogP contribution in [0.3, 0.4) is 0 Å². The number of fused-ring (bicyclic) bond motifs is 3. The van der Waals surface area contributed by atoms with Crippen LogP contribution >= 0.6 is 0 Å². The molecule has 4 heteroatoms. The highest BCUT2D eigenvalue weighted by atomic mass is 16.5. The predicted molar refractivity (Wildman–Crippen MR) is 97.3 cm³/mol. The van der Waals surface area contributed by atoms with E-state index in [4.69, 9.17) is 9.47 Å². The Hall–Kier alpha value is -3.01. The number of carbonyl (C=O) groups is 1. The fraction of sp³-hybridized carbons (Fsp3) is 0.190. The molecular weight excluding hydrogens is 314 g/mol. The van der Waals surface area contributed by atoms with E-state index in [1.807, 2.05) is 61.5 Å². The van der Waals surface area contributed by atoms with Gasteiger partial charge >= 0.3 is 5.97 Å². The molecule has 0 saturated heterocycles. The zero-order valence-electron chi connectivity index (χ0n) is 14.1. The third kappa shape index (κ3) is 3.03. The first-order valence-electron chi connectivity index (χ1n) is 8.42. The van der Waals surface area contributed by atoms with E-state index in [0.29, 0.717) is 25.3 Å². The van der Waals surface area contributed by atoms with Gasteiger partial charge in [-0.05, 0) is 42.8 Å². The lowest BCUT2D eigenvalue weighted by Gasteiger charge is -2.08. The minimum atomic E-state index is -0.234. The summed E-state index contributed by atoms with van der Waals surface area (Å²) in [6.45, 7) is 3.32. The average molecular weight is 333 g/mol. The van der Waals surface area contributed by atoms with Gasteiger partial charge in [0.15, 0.2) is 0 Å². The zero-order chi connectivity index (χ0) is 17.2. The number of esters is 1. The van der Waals surface area contributed by atoms with Crippen molar-refractivity contribution in [2.75, 3.05) is 6.61 Å². The van der Waals surface area contributed by atoms with Crippen molar-refractivity contribution in [1.82, 2.24) is 4.57 Å². The van der Waals surface area contributed by atoms with Crippen LogP contribution in [0.1, 0.15) is 18.2 Å². The van der Waals surface area contributed by atoms with E-state index < -0.39 is 0 Å². The summed E-state index contributed by atoms with van der Waals surface area (Å²) in [5.74, 6) is 0.609. The van der Waals surface area contributed by atoms with Crippen molar-refractivity contribution >= 4 is 22.9 Å². The van der Waals surface area contributed by atoms with Gasteiger partial charge in [-0.1, -0.05) is 30.3 Å². The van der Waals surface area contributed by atoms with Crippen LogP contribution in [0.2, 0.25) is 0 Å². The SMILES string of the molecule is CCOC(=O)C1=Cc2cc3cc(OCc4ccccc4)ccc3n2C1. The molecule has 0 saturated carbocycles. The Labute approximate surface area is 146 Å². The third-order valence-corrected chi connectivity index (χ3v) is 4.34. The number of rotatable bonds is 5. The summed E-state index contributed by atoms with van der Waals surface area (Å²) >= 11 is 0. The number of hydrogen-bond donors (Lipinski definition) is 0. The summed E-state index contributed by atoms with van der Waals surface area (Å²) in [7, 11) is 0. The second-order valence-electron chi connectivity index (χ2n) is 6.04. The molecule has 4 rings (SSSR count). The summed E-state index contributed by atoms with van der Waals surface area (Å²) in [6.07, 6.45) is 1.91. The number of carbonyl (C=O) groups excluding carboxylic acids is 1. The maximum Gasteiger partial charge on any atom is 0.335 e. The molecular formula is C21H19NO3. The topological polar surface area (TPSA) is 40.5 Å². The summed E-state index contributed by atoms with van der Waals surface area (Å²) in [5.41, 5.74) is 3.96. The van der Waals surface area contributed by atoms with E-state index in [1.54, 1.807) is 0 Å². The van der Waals surface area contributed by atoms with Crippen LogP contribution in [0.4, 0.5) is 0 Å². The highest BCUT2D eigenvalue weighted by molar-refractivity contribution is 5.97. The van der Waals surface area contributed by atoms with Gasteiger partial charge in [-0.25, -0.2) is 4.79 Å². The number of aromatic nitrogens is 1. The molecule has 0 aliphatic carbocycles. The van der Waals surface area contributed by atoms with Crippen molar-refractivity contribution in [2.45, 2.75) is 20.1 Å². The molecule has 0 unspecified atom stereocenters. The van der Waals surface area contributed by atoms with Gasteiger partial charge in [0.05, 0.1) is 18.7 Å². The van der Waals surface area contributed by atoms with Crippen molar-refractivity contribution in [2.24, 2.45) is 0 Å². The maximum absolute atomic E-state index is 11.9. The van der Waals surface area contributed by atoms with E-state index in [2.05, 4.69) is 10.6 Å². The Kier molecular flexibility index (Phi) is 4.02. The second kappa shape index (κ2) is 6.48. The molecule has 2 heterocycles. The molecule has 1 aliphatic heterocycles. The van der Waals surface area contributed by atoms with Gasteiger partial charge in [-0.3, -0.25) is 0 Å². The predicted octanol–water partition coefficient (Wildman–Crippen LogP) is 4.18. The standard InChI is InChI=1S/C21H19NO3/c1-2-24-21(23)17-11-18-10-16-12-19(8-9-20(16)22(18)13-17)25-14-15-6-4-3-5-7-15/h3-12H,2,13-14H2,1H3. The van der Waals surface area contributed by atoms with Gasteiger partial charge < -0.3 is 14.0 Å². The smallest absolute Gasteiger partial charge is 0.335 e. The van der Waals surface area contributed by atoms with Crippen molar-refractivity contribution in [1.29, 1.82) is 0 Å². The highest BCUT2D eigenvalue weighted by Crippen LogP contribution is 2.31. The lowest BCUT2D eigenvalue weighted by Crippen LogP contribution is -2.09. The molecule has 0 N–H and O–H groups in total. The van der Waals surface area contributed by atoms with Crippen molar-refractivity contribution in [3.63, 3.8) is 0 Å². The van der Waals surface area contributed by atoms with Gasteiger partial charge in [0.25, 0.3) is 0 Å². The highest BCUT2D eigenvalue weighted by Gasteiger charge is 2.21. The Morgan fingerprint density at radius 3 is 2.76 bits per heavy atom. The molecule has 0 radical (unpaired) electrons. The minimum absolute atomic E-state index is 0.234. The normalized spacial score (nSPS) is 12.8. The van der Waals surface area contributed by atoms with Crippen LogP contribution in [-0.2, 0) is 22.7 Å². The Balaban J connectivity index is 1.54. The first kappa shape index (κ1) is 15.5. The van der Waals surface area contributed by atoms with Crippen LogP contribution in [0.15, 0.2) is 60.2 Å². The molecule has 0 spiro atoms. The van der Waals surface area contributed by atoms with Gasteiger partial charge in [0, 0.05) is 16.6 Å². The molecule has 0 amide bonds. The largest absolute Gasteiger partial charge is 0.489 e. The van der Waals surface area contributed by atoms with Crippen LogP contribution in [-0.4, -0.2) is 17.1 Å². The molecule has 25 heavy (non-hydrogen) atoms. The van der Waals surface area contributed by atoms with E-state index in [-0.39, 0.29) is 5.97 Å². The van der Waals surface area contributed by atoms with E-state index in [0.717, 1.165) is 27.9 Å². The van der Waals surface area contributed by atoms with Crippen LogP contribution < -0.4 is 4.74 Å². The molecule has 3 aromatic rings. The molecule has 4 nitrogen and oxygen atoms in total. The summed E-state index contributed by atoms with van der Waals surface area (Å²) in [4.78, 5) is 11.9. The Morgan fingerprint density at radius 2 is 1.96 bits per heavy atom. The molecule has 126 valence electrons. The average Bonchev–Trinajstić information content (AvgIpc) is 3.18.